The van der Waals surface area contributed by atoms with Crippen molar-refractivity contribution < 1.29 is 28.6 Å². The Kier molecular flexibility index (Phi) is 66.3. The SMILES string of the molecule is CC/C=C\C/C=C\C/C=C\C/C=C\C/C=C\C/C=C\C/C=C\C/C=C\C/C=C\CCCCCC(=O)OCC(COC(=O)CCCCCCCCCCCCC)OC(=O)CCCCCCCCCCCCC/C=C\C/C=C\CCCCCCC. The van der Waals surface area contributed by atoms with Gasteiger partial charge in [-0.15, -0.1) is 0 Å². The lowest BCUT2D eigenvalue weighted by molar-refractivity contribution is -0.167. The van der Waals surface area contributed by atoms with Gasteiger partial charge in [0.2, 0.25) is 0 Å². The summed E-state index contributed by atoms with van der Waals surface area (Å²) in [6, 6.07) is 0. The van der Waals surface area contributed by atoms with Crippen molar-refractivity contribution in [1.29, 1.82) is 0 Å². The molecule has 0 aromatic rings. The first-order chi connectivity index (χ1) is 41.0. The smallest absolute Gasteiger partial charge is 0.306 e. The highest BCUT2D eigenvalue weighted by Gasteiger charge is 2.19. The Morgan fingerprint density at radius 3 is 0.747 bits per heavy atom. The number of esters is 3. The van der Waals surface area contributed by atoms with Gasteiger partial charge in [0.15, 0.2) is 6.10 Å². The molecule has 0 saturated heterocycles. The summed E-state index contributed by atoms with van der Waals surface area (Å²) in [5.41, 5.74) is 0. The van der Waals surface area contributed by atoms with Crippen LogP contribution in [0.25, 0.3) is 0 Å². The molecule has 0 aromatic carbocycles. The van der Waals surface area contributed by atoms with E-state index in [1.165, 1.54) is 148 Å². The van der Waals surface area contributed by atoms with Crippen LogP contribution >= 0.6 is 0 Å². The predicted molar refractivity (Wildman–Crippen MR) is 362 cm³/mol. The summed E-state index contributed by atoms with van der Waals surface area (Å²) < 4.78 is 16.9. The quantitative estimate of drug-likeness (QED) is 0.0261. The molecule has 0 aliphatic rings. The average molecular weight is 1150 g/mol. The van der Waals surface area contributed by atoms with Gasteiger partial charge in [0, 0.05) is 19.3 Å². The molecule has 1 unspecified atom stereocenters. The van der Waals surface area contributed by atoms with Crippen molar-refractivity contribution in [2.45, 2.75) is 322 Å². The highest BCUT2D eigenvalue weighted by Crippen LogP contribution is 2.16. The summed E-state index contributed by atoms with van der Waals surface area (Å²) in [4.78, 5) is 38.3. The van der Waals surface area contributed by atoms with Crippen LogP contribution in [0.15, 0.2) is 134 Å². The number of carbonyl (C=O) groups excluding carboxylic acids is 3. The Balaban J connectivity index is 4.34. The molecule has 0 radical (unpaired) electrons. The van der Waals surface area contributed by atoms with E-state index in [2.05, 4.69) is 154 Å². The highest BCUT2D eigenvalue weighted by molar-refractivity contribution is 5.71. The minimum atomic E-state index is -0.797. The molecule has 0 rings (SSSR count). The molecule has 0 saturated carbocycles. The summed E-state index contributed by atoms with van der Waals surface area (Å²) in [5, 5.41) is 0. The second-order valence-electron chi connectivity index (χ2n) is 22.7. The van der Waals surface area contributed by atoms with Gasteiger partial charge >= 0.3 is 17.9 Å². The molecule has 1 atom stereocenters. The lowest BCUT2D eigenvalue weighted by Crippen LogP contribution is -2.30. The standard InChI is InChI=1S/C77H128O6/c1-4-7-10-13-16-19-22-24-26-28-30-32-34-35-36-37-38-39-40-41-43-44-46-48-50-52-55-58-61-64-67-70-76(79)82-73-74(72-81-75(78)69-66-63-60-57-54-21-18-15-12-9-6-3)83-77(80)71-68-65-62-59-56-53-51-49-47-45-42-33-31-29-27-25-23-20-17-14-11-8-5-2/h7,10,16,19,23-26,29-32,35-36,38-39,41,43,46,48,52,55,74H,4-6,8-9,11-15,17-18,20-22,27-28,33-34,37,40,42,44-45,47,49-51,53-54,56-73H2,1-3H3/b10-7-,19-16-,25-23-,26-24-,31-29-,32-30-,36-35-,39-38-,43-41-,48-46-,55-52-. The first-order valence-corrected chi connectivity index (χ1v) is 34.7. The van der Waals surface area contributed by atoms with Crippen molar-refractivity contribution in [3.63, 3.8) is 0 Å². The van der Waals surface area contributed by atoms with E-state index in [1.807, 2.05) is 0 Å². The maximum Gasteiger partial charge on any atom is 0.306 e. The van der Waals surface area contributed by atoms with Crippen LogP contribution in [0.2, 0.25) is 0 Å². The van der Waals surface area contributed by atoms with Crippen molar-refractivity contribution in [2.24, 2.45) is 0 Å². The fourth-order valence-corrected chi connectivity index (χ4v) is 9.47. The van der Waals surface area contributed by atoms with Gasteiger partial charge in [-0.3, -0.25) is 14.4 Å². The minimum Gasteiger partial charge on any atom is -0.462 e. The third kappa shape index (κ3) is 68.2. The molecule has 0 aromatic heterocycles. The highest BCUT2D eigenvalue weighted by atomic mass is 16.6. The zero-order chi connectivity index (χ0) is 59.9. The topological polar surface area (TPSA) is 78.9 Å². The third-order valence-corrected chi connectivity index (χ3v) is 14.6. The summed E-state index contributed by atoms with van der Waals surface area (Å²) >= 11 is 0. The van der Waals surface area contributed by atoms with E-state index in [0.29, 0.717) is 19.3 Å². The largest absolute Gasteiger partial charge is 0.462 e. The summed E-state index contributed by atoms with van der Waals surface area (Å²) in [5.74, 6) is -0.920. The molecule has 0 amide bonds. The molecule has 0 aliphatic heterocycles. The number of allylic oxidation sites excluding steroid dienone is 22. The van der Waals surface area contributed by atoms with Gasteiger partial charge in [0.05, 0.1) is 0 Å². The molecule has 0 N–H and O–H groups in total. The van der Waals surface area contributed by atoms with Gasteiger partial charge in [-0.2, -0.15) is 0 Å². The summed E-state index contributed by atoms with van der Waals surface area (Å²) in [6.07, 6.45) is 99.0. The van der Waals surface area contributed by atoms with E-state index in [4.69, 9.17) is 14.2 Å². The van der Waals surface area contributed by atoms with Gasteiger partial charge in [-0.05, 0) is 122 Å². The molecule has 6 nitrogen and oxygen atoms in total. The first kappa shape index (κ1) is 78.5. The van der Waals surface area contributed by atoms with Crippen LogP contribution in [-0.2, 0) is 28.6 Å². The fraction of sp³-hybridized carbons (Fsp3) is 0.675. The number of rotatable bonds is 62. The Bertz CT molecular complexity index is 1750. The molecule has 0 fully saturated rings. The van der Waals surface area contributed by atoms with E-state index < -0.39 is 6.10 Å². The van der Waals surface area contributed by atoms with Crippen LogP contribution in [-0.4, -0.2) is 37.2 Å². The molecule has 0 heterocycles. The van der Waals surface area contributed by atoms with Gasteiger partial charge in [-0.25, -0.2) is 0 Å². The van der Waals surface area contributed by atoms with E-state index in [1.54, 1.807) is 0 Å². The number of hydrogen-bond acceptors (Lipinski definition) is 6. The van der Waals surface area contributed by atoms with Gasteiger partial charge in [0.25, 0.3) is 0 Å². The van der Waals surface area contributed by atoms with Crippen LogP contribution in [0, 0.1) is 0 Å². The zero-order valence-electron chi connectivity index (χ0n) is 54.2. The van der Waals surface area contributed by atoms with E-state index in [9.17, 15) is 14.4 Å². The van der Waals surface area contributed by atoms with Crippen molar-refractivity contribution in [2.75, 3.05) is 13.2 Å². The maximum atomic E-state index is 12.9. The monoisotopic (exact) mass is 1150 g/mol. The van der Waals surface area contributed by atoms with Gasteiger partial charge < -0.3 is 14.2 Å². The molecule has 472 valence electrons. The van der Waals surface area contributed by atoms with Gasteiger partial charge in [0.1, 0.15) is 13.2 Å². The second kappa shape index (κ2) is 70.0. The maximum absolute atomic E-state index is 12.9. The van der Waals surface area contributed by atoms with Crippen LogP contribution < -0.4 is 0 Å². The molecular formula is C77H128O6. The molecule has 83 heavy (non-hydrogen) atoms. The van der Waals surface area contributed by atoms with Crippen molar-refractivity contribution in [3.8, 4) is 0 Å². The number of carbonyl (C=O) groups is 3. The van der Waals surface area contributed by atoms with Crippen molar-refractivity contribution in [3.05, 3.63) is 134 Å². The molecule has 0 bridgehead atoms. The molecule has 0 aliphatic carbocycles. The van der Waals surface area contributed by atoms with Crippen LogP contribution in [0.4, 0.5) is 0 Å². The van der Waals surface area contributed by atoms with Crippen LogP contribution in [0.3, 0.4) is 0 Å². The first-order valence-electron chi connectivity index (χ1n) is 34.7. The summed E-state index contributed by atoms with van der Waals surface area (Å²) in [6.45, 7) is 6.50. The van der Waals surface area contributed by atoms with Gasteiger partial charge in [-0.1, -0.05) is 309 Å². The number of ether oxygens (including phenoxy) is 3. The van der Waals surface area contributed by atoms with E-state index >= 15 is 0 Å². The molecule has 0 spiro atoms. The van der Waals surface area contributed by atoms with Crippen LogP contribution in [0.5, 0.6) is 0 Å². The number of hydrogen-bond donors (Lipinski definition) is 0. The van der Waals surface area contributed by atoms with Crippen molar-refractivity contribution >= 4 is 17.9 Å². The minimum absolute atomic E-state index is 0.0898. The lowest BCUT2D eigenvalue weighted by atomic mass is 10.0. The van der Waals surface area contributed by atoms with E-state index in [-0.39, 0.29) is 31.1 Å². The Labute approximate surface area is 513 Å². The third-order valence-electron chi connectivity index (χ3n) is 14.6. The van der Waals surface area contributed by atoms with Crippen LogP contribution in [0.1, 0.15) is 316 Å². The predicted octanol–water partition coefficient (Wildman–Crippen LogP) is 24.1. The average Bonchev–Trinajstić information content (AvgIpc) is 3.48. The Morgan fingerprint density at radius 1 is 0.253 bits per heavy atom. The normalized spacial score (nSPS) is 13.0. The zero-order valence-corrected chi connectivity index (χ0v) is 54.2. The van der Waals surface area contributed by atoms with E-state index in [0.717, 1.165) is 128 Å². The molecular weight excluding hydrogens is 1020 g/mol. The lowest BCUT2D eigenvalue weighted by Gasteiger charge is -2.18. The molecule has 6 heteroatoms. The Hall–Kier alpha value is -4.45. The Morgan fingerprint density at radius 2 is 0.470 bits per heavy atom. The van der Waals surface area contributed by atoms with Crippen molar-refractivity contribution in [1.82, 2.24) is 0 Å². The number of unbranched alkanes of at least 4 members (excludes halogenated alkanes) is 29. The summed E-state index contributed by atoms with van der Waals surface area (Å²) in [7, 11) is 0. The second-order valence-corrected chi connectivity index (χ2v) is 22.7. The fourth-order valence-electron chi connectivity index (χ4n) is 9.47.